The van der Waals surface area contributed by atoms with Crippen LogP contribution in [0, 0.1) is 0 Å². The van der Waals surface area contributed by atoms with Crippen molar-refractivity contribution in [3.63, 3.8) is 0 Å². The fourth-order valence-corrected chi connectivity index (χ4v) is 4.23. The molecule has 1 unspecified atom stereocenters. The zero-order valence-electron chi connectivity index (χ0n) is 16.1. The predicted octanol–water partition coefficient (Wildman–Crippen LogP) is 1.40. The van der Waals surface area contributed by atoms with Gasteiger partial charge in [-0.2, -0.15) is 0 Å². The molecule has 27 heavy (non-hydrogen) atoms. The quantitative estimate of drug-likeness (QED) is 0.768. The lowest BCUT2D eigenvalue weighted by molar-refractivity contribution is -0.132. The third-order valence-electron chi connectivity index (χ3n) is 5.84. The van der Waals surface area contributed by atoms with Crippen LogP contribution < -0.4 is 0 Å². The number of aromatic nitrogens is 5. The summed E-state index contributed by atoms with van der Waals surface area (Å²) in [6.07, 6.45) is 10.6. The first-order valence-electron chi connectivity index (χ1n) is 10.0. The third kappa shape index (κ3) is 4.21. The van der Waals surface area contributed by atoms with E-state index >= 15 is 0 Å². The first kappa shape index (κ1) is 18.2. The highest BCUT2D eigenvalue weighted by Gasteiger charge is 2.28. The highest BCUT2D eigenvalue weighted by Crippen LogP contribution is 2.26. The molecule has 146 valence electrons. The van der Waals surface area contributed by atoms with Gasteiger partial charge in [0.2, 0.25) is 5.91 Å². The maximum atomic E-state index is 12.6. The van der Waals surface area contributed by atoms with E-state index in [1.807, 2.05) is 15.7 Å². The molecular formula is C19H29N7O. The van der Waals surface area contributed by atoms with Gasteiger partial charge in [0.25, 0.3) is 0 Å². The van der Waals surface area contributed by atoms with Crippen LogP contribution in [0.4, 0.5) is 0 Å². The Morgan fingerprint density at radius 1 is 1.19 bits per heavy atom. The largest absolute Gasteiger partial charge is 0.342 e. The van der Waals surface area contributed by atoms with E-state index in [1.54, 1.807) is 12.5 Å². The summed E-state index contributed by atoms with van der Waals surface area (Å²) < 4.78 is 4.11. The van der Waals surface area contributed by atoms with Crippen molar-refractivity contribution in [2.24, 2.45) is 7.05 Å². The van der Waals surface area contributed by atoms with Gasteiger partial charge < -0.3 is 14.0 Å². The van der Waals surface area contributed by atoms with Crippen LogP contribution >= 0.6 is 0 Å². The van der Waals surface area contributed by atoms with Crippen LogP contribution in [-0.2, 0) is 24.9 Å². The SMILES string of the molecule is Cn1c(CN2CCCC2)nnc1C1CCCN(C(=O)CCn2ccnc2)C1. The first-order valence-corrected chi connectivity index (χ1v) is 10.0. The Bertz CT molecular complexity index is 748. The van der Waals surface area contributed by atoms with Crippen LogP contribution in [0.2, 0.25) is 0 Å². The monoisotopic (exact) mass is 371 g/mol. The van der Waals surface area contributed by atoms with Crippen LogP contribution in [0.5, 0.6) is 0 Å². The second-order valence-corrected chi connectivity index (χ2v) is 7.75. The predicted molar refractivity (Wildman–Crippen MR) is 101 cm³/mol. The normalized spacial score (nSPS) is 21.1. The van der Waals surface area contributed by atoms with Crippen molar-refractivity contribution >= 4 is 5.91 Å². The lowest BCUT2D eigenvalue weighted by Gasteiger charge is -2.32. The van der Waals surface area contributed by atoms with Gasteiger partial charge in [-0.1, -0.05) is 0 Å². The van der Waals surface area contributed by atoms with E-state index in [4.69, 9.17) is 0 Å². The number of imidazole rings is 1. The molecule has 4 rings (SSSR count). The summed E-state index contributed by atoms with van der Waals surface area (Å²) in [6.45, 7) is 5.47. The summed E-state index contributed by atoms with van der Waals surface area (Å²) in [5, 5.41) is 8.95. The Balaban J connectivity index is 1.36. The van der Waals surface area contributed by atoms with E-state index in [-0.39, 0.29) is 11.8 Å². The lowest BCUT2D eigenvalue weighted by atomic mass is 9.97. The molecule has 1 atom stereocenters. The summed E-state index contributed by atoms with van der Waals surface area (Å²) in [5.41, 5.74) is 0. The van der Waals surface area contributed by atoms with Crippen molar-refractivity contribution < 1.29 is 4.79 Å². The number of piperidine rings is 1. The van der Waals surface area contributed by atoms with Crippen LogP contribution in [-0.4, -0.2) is 66.2 Å². The molecule has 0 radical (unpaired) electrons. The molecule has 0 bridgehead atoms. The van der Waals surface area contributed by atoms with Crippen LogP contribution in [0.3, 0.4) is 0 Å². The molecule has 2 saturated heterocycles. The molecule has 2 aliphatic rings. The van der Waals surface area contributed by atoms with Gasteiger partial charge in [0.15, 0.2) is 0 Å². The average molecular weight is 371 g/mol. The van der Waals surface area contributed by atoms with Gasteiger partial charge in [-0.25, -0.2) is 4.98 Å². The Kier molecular flexibility index (Phi) is 5.52. The third-order valence-corrected chi connectivity index (χ3v) is 5.84. The summed E-state index contributed by atoms with van der Waals surface area (Å²) in [5.74, 6) is 2.56. The van der Waals surface area contributed by atoms with Crippen molar-refractivity contribution in [2.75, 3.05) is 26.2 Å². The zero-order chi connectivity index (χ0) is 18.6. The number of amides is 1. The van der Waals surface area contributed by atoms with E-state index in [1.165, 1.54) is 12.8 Å². The van der Waals surface area contributed by atoms with Gasteiger partial charge in [-0.05, 0) is 38.8 Å². The number of likely N-dealkylation sites (tertiary alicyclic amines) is 2. The summed E-state index contributed by atoms with van der Waals surface area (Å²) in [4.78, 5) is 21.1. The molecule has 4 heterocycles. The van der Waals surface area contributed by atoms with Crippen molar-refractivity contribution in [2.45, 2.75) is 51.1 Å². The van der Waals surface area contributed by atoms with E-state index in [0.717, 1.165) is 57.2 Å². The molecule has 0 saturated carbocycles. The molecule has 8 nitrogen and oxygen atoms in total. The smallest absolute Gasteiger partial charge is 0.224 e. The minimum Gasteiger partial charge on any atom is -0.342 e. The van der Waals surface area contributed by atoms with Crippen molar-refractivity contribution in [3.8, 4) is 0 Å². The molecule has 2 aromatic rings. The number of hydrogen-bond acceptors (Lipinski definition) is 5. The fraction of sp³-hybridized carbons (Fsp3) is 0.684. The highest BCUT2D eigenvalue weighted by atomic mass is 16.2. The van der Waals surface area contributed by atoms with Crippen LogP contribution in [0.25, 0.3) is 0 Å². The molecular weight excluding hydrogens is 342 g/mol. The van der Waals surface area contributed by atoms with Crippen LogP contribution in [0.1, 0.15) is 49.7 Å². The lowest BCUT2D eigenvalue weighted by Crippen LogP contribution is -2.40. The molecule has 0 N–H and O–H groups in total. The fourth-order valence-electron chi connectivity index (χ4n) is 4.23. The molecule has 1 amide bonds. The van der Waals surface area contributed by atoms with Gasteiger partial charge in [0, 0.05) is 51.4 Å². The number of hydrogen-bond donors (Lipinski definition) is 0. The van der Waals surface area contributed by atoms with E-state index in [0.29, 0.717) is 13.0 Å². The molecule has 0 aliphatic carbocycles. The molecule has 0 aromatic carbocycles. The Morgan fingerprint density at radius 3 is 2.81 bits per heavy atom. The van der Waals surface area contributed by atoms with Gasteiger partial charge in [0.05, 0.1) is 12.9 Å². The van der Waals surface area contributed by atoms with Crippen molar-refractivity contribution in [3.05, 3.63) is 30.4 Å². The number of carbonyl (C=O) groups is 1. The van der Waals surface area contributed by atoms with Gasteiger partial charge in [-0.15, -0.1) is 10.2 Å². The standard InChI is InChI=1S/C19H29N7O/c1-23-17(14-24-8-2-3-9-24)21-22-19(23)16-5-4-10-26(13-16)18(27)6-11-25-12-7-20-15-25/h7,12,15-16H,2-6,8-11,13-14H2,1H3. The molecule has 2 fully saturated rings. The Morgan fingerprint density at radius 2 is 2.04 bits per heavy atom. The Hall–Kier alpha value is -2.22. The highest BCUT2D eigenvalue weighted by molar-refractivity contribution is 5.76. The number of aryl methyl sites for hydroxylation is 1. The molecule has 2 aliphatic heterocycles. The number of nitrogens with zero attached hydrogens (tertiary/aromatic N) is 7. The molecule has 2 aromatic heterocycles. The average Bonchev–Trinajstić information content (AvgIpc) is 3.44. The summed E-state index contributed by atoms with van der Waals surface area (Å²) >= 11 is 0. The second-order valence-electron chi connectivity index (χ2n) is 7.75. The van der Waals surface area contributed by atoms with Crippen molar-refractivity contribution in [1.29, 1.82) is 0 Å². The van der Waals surface area contributed by atoms with Gasteiger partial charge in [0.1, 0.15) is 11.6 Å². The minimum atomic E-state index is 0.216. The number of rotatable bonds is 6. The first-order chi connectivity index (χ1) is 13.2. The molecule has 8 heteroatoms. The molecule has 0 spiro atoms. The van der Waals surface area contributed by atoms with E-state index < -0.39 is 0 Å². The van der Waals surface area contributed by atoms with Gasteiger partial charge in [-0.3, -0.25) is 9.69 Å². The Labute approximate surface area is 160 Å². The number of carbonyl (C=O) groups excluding carboxylic acids is 1. The van der Waals surface area contributed by atoms with Gasteiger partial charge >= 0.3 is 0 Å². The maximum Gasteiger partial charge on any atom is 0.224 e. The van der Waals surface area contributed by atoms with E-state index in [9.17, 15) is 4.79 Å². The maximum absolute atomic E-state index is 12.6. The zero-order valence-corrected chi connectivity index (χ0v) is 16.1. The summed E-state index contributed by atoms with van der Waals surface area (Å²) in [7, 11) is 2.07. The topological polar surface area (TPSA) is 72.1 Å². The minimum absolute atomic E-state index is 0.216. The van der Waals surface area contributed by atoms with Crippen molar-refractivity contribution in [1.82, 2.24) is 34.1 Å². The summed E-state index contributed by atoms with van der Waals surface area (Å²) in [6, 6.07) is 0. The van der Waals surface area contributed by atoms with E-state index in [2.05, 4.69) is 31.7 Å². The second kappa shape index (κ2) is 8.21. The van der Waals surface area contributed by atoms with Crippen LogP contribution in [0.15, 0.2) is 18.7 Å².